The summed E-state index contributed by atoms with van der Waals surface area (Å²) in [5.74, 6) is 0. The van der Waals surface area contributed by atoms with Gasteiger partial charge in [0.15, 0.2) is 0 Å². The van der Waals surface area contributed by atoms with Gasteiger partial charge in [0, 0.05) is 39.1 Å². The SMILES string of the molecule is c1ccc(-c2ccc(N(c3ccc(-c4ccccc4)cc3)c3ccc4c(c3)c3cc(-c5ccccc5)cc(-c5ccccc5)c3n4-c3ccccc3)cc2)cc1. The average Bonchev–Trinajstić information content (AvgIpc) is 3.62. The molecule has 0 aliphatic heterocycles. The van der Waals surface area contributed by atoms with Gasteiger partial charge in [0.25, 0.3) is 0 Å². The number of para-hydroxylation sites is 1. The Morgan fingerprint density at radius 2 is 0.696 bits per heavy atom. The maximum atomic E-state index is 2.44. The number of aromatic nitrogens is 1. The number of hydrogen-bond acceptors (Lipinski definition) is 1. The van der Waals surface area contributed by atoms with Crippen molar-refractivity contribution in [3.63, 3.8) is 0 Å². The first-order chi connectivity index (χ1) is 27.8. The summed E-state index contributed by atoms with van der Waals surface area (Å²) in [7, 11) is 0. The van der Waals surface area contributed by atoms with Crippen molar-refractivity contribution >= 4 is 38.9 Å². The smallest absolute Gasteiger partial charge is 0.0619 e. The molecular formula is C54H38N2. The normalized spacial score (nSPS) is 11.2. The second-order valence-corrected chi connectivity index (χ2v) is 14.2. The molecule has 2 nitrogen and oxygen atoms in total. The topological polar surface area (TPSA) is 8.17 Å². The summed E-state index contributed by atoms with van der Waals surface area (Å²) in [6, 6.07) is 83.1. The molecule has 9 aromatic carbocycles. The van der Waals surface area contributed by atoms with Crippen molar-refractivity contribution in [1.29, 1.82) is 0 Å². The van der Waals surface area contributed by atoms with Gasteiger partial charge in [-0.2, -0.15) is 0 Å². The lowest BCUT2D eigenvalue weighted by atomic mass is 9.95. The van der Waals surface area contributed by atoms with Crippen LogP contribution < -0.4 is 4.90 Å². The molecule has 10 rings (SSSR count). The Labute approximate surface area is 327 Å². The van der Waals surface area contributed by atoms with E-state index in [4.69, 9.17) is 0 Å². The van der Waals surface area contributed by atoms with E-state index in [9.17, 15) is 0 Å². The summed E-state index contributed by atoms with van der Waals surface area (Å²) in [5.41, 5.74) is 16.4. The fourth-order valence-electron chi connectivity index (χ4n) is 8.07. The minimum atomic E-state index is 1.09. The van der Waals surface area contributed by atoms with Crippen LogP contribution in [0.2, 0.25) is 0 Å². The van der Waals surface area contributed by atoms with Crippen LogP contribution >= 0.6 is 0 Å². The van der Waals surface area contributed by atoms with Crippen LogP contribution in [0.1, 0.15) is 0 Å². The molecule has 1 heterocycles. The zero-order valence-corrected chi connectivity index (χ0v) is 30.8. The molecule has 0 spiro atoms. The molecule has 0 aliphatic rings. The monoisotopic (exact) mass is 714 g/mol. The summed E-state index contributed by atoms with van der Waals surface area (Å²) in [4.78, 5) is 2.38. The lowest BCUT2D eigenvalue weighted by Gasteiger charge is -2.26. The molecule has 0 amide bonds. The minimum absolute atomic E-state index is 1.09. The highest BCUT2D eigenvalue weighted by molar-refractivity contribution is 6.16. The maximum Gasteiger partial charge on any atom is 0.0619 e. The highest BCUT2D eigenvalue weighted by Crippen LogP contribution is 2.44. The number of benzene rings is 9. The van der Waals surface area contributed by atoms with Crippen LogP contribution in [-0.2, 0) is 0 Å². The van der Waals surface area contributed by atoms with Gasteiger partial charge in [-0.05, 0) is 106 Å². The number of hydrogen-bond donors (Lipinski definition) is 0. The molecule has 264 valence electrons. The lowest BCUT2D eigenvalue weighted by Crippen LogP contribution is -2.10. The van der Waals surface area contributed by atoms with Gasteiger partial charge in [-0.25, -0.2) is 0 Å². The van der Waals surface area contributed by atoms with Gasteiger partial charge in [-0.1, -0.05) is 164 Å². The Morgan fingerprint density at radius 1 is 0.286 bits per heavy atom. The van der Waals surface area contributed by atoms with Crippen molar-refractivity contribution < 1.29 is 0 Å². The van der Waals surface area contributed by atoms with Gasteiger partial charge in [-0.3, -0.25) is 0 Å². The van der Waals surface area contributed by atoms with E-state index in [-0.39, 0.29) is 0 Å². The summed E-state index contributed by atoms with van der Waals surface area (Å²) in [6.07, 6.45) is 0. The van der Waals surface area contributed by atoms with E-state index in [1.807, 2.05) is 0 Å². The third kappa shape index (κ3) is 6.14. The van der Waals surface area contributed by atoms with Crippen molar-refractivity contribution in [3.05, 3.63) is 231 Å². The van der Waals surface area contributed by atoms with Gasteiger partial charge in [0.1, 0.15) is 0 Å². The van der Waals surface area contributed by atoms with Crippen molar-refractivity contribution in [2.24, 2.45) is 0 Å². The fraction of sp³-hybridized carbons (Fsp3) is 0. The molecule has 56 heavy (non-hydrogen) atoms. The third-order valence-electron chi connectivity index (χ3n) is 10.8. The van der Waals surface area contributed by atoms with E-state index in [1.54, 1.807) is 0 Å². The van der Waals surface area contributed by atoms with E-state index >= 15 is 0 Å². The molecule has 1 aromatic heterocycles. The first-order valence-electron chi connectivity index (χ1n) is 19.2. The van der Waals surface area contributed by atoms with Gasteiger partial charge in [0.2, 0.25) is 0 Å². The highest BCUT2D eigenvalue weighted by Gasteiger charge is 2.21. The molecule has 0 unspecified atom stereocenters. The molecule has 0 N–H and O–H groups in total. The Bertz CT molecular complexity index is 2820. The quantitative estimate of drug-likeness (QED) is 0.152. The van der Waals surface area contributed by atoms with E-state index in [0.29, 0.717) is 0 Å². The molecule has 2 heteroatoms. The molecule has 0 fully saturated rings. The Morgan fingerprint density at radius 3 is 1.20 bits per heavy atom. The first-order valence-corrected chi connectivity index (χ1v) is 19.2. The predicted molar refractivity (Wildman–Crippen MR) is 237 cm³/mol. The molecule has 0 saturated heterocycles. The van der Waals surface area contributed by atoms with Crippen LogP contribution in [0.3, 0.4) is 0 Å². The molecule has 0 aliphatic carbocycles. The van der Waals surface area contributed by atoms with Crippen LogP contribution in [0.5, 0.6) is 0 Å². The van der Waals surface area contributed by atoms with Crippen molar-refractivity contribution in [1.82, 2.24) is 4.57 Å². The van der Waals surface area contributed by atoms with Gasteiger partial charge >= 0.3 is 0 Å². The predicted octanol–water partition coefficient (Wildman–Crippen LogP) is 14.9. The van der Waals surface area contributed by atoms with E-state index in [1.165, 1.54) is 60.8 Å². The summed E-state index contributed by atoms with van der Waals surface area (Å²) in [6.45, 7) is 0. The minimum Gasteiger partial charge on any atom is -0.310 e. The van der Waals surface area contributed by atoms with Crippen LogP contribution in [-0.4, -0.2) is 4.57 Å². The average molecular weight is 715 g/mol. The van der Waals surface area contributed by atoms with E-state index in [0.717, 1.165) is 28.3 Å². The zero-order valence-electron chi connectivity index (χ0n) is 30.8. The summed E-state index contributed by atoms with van der Waals surface area (Å²) in [5, 5.41) is 2.41. The van der Waals surface area contributed by atoms with Gasteiger partial charge in [-0.15, -0.1) is 0 Å². The van der Waals surface area contributed by atoms with Gasteiger partial charge in [0.05, 0.1) is 11.0 Å². The summed E-state index contributed by atoms with van der Waals surface area (Å²) >= 11 is 0. The van der Waals surface area contributed by atoms with Crippen LogP contribution in [0.25, 0.3) is 72.0 Å². The van der Waals surface area contributed by atoms with Crippen LogP contribution in [0, 0.1) is 0 Å². The van der Waals surface area contributed by atoms with Gasteiger partial charge < -0.3 is 9.47 Å². The Balaban J connectivity index is 1.22. The number of fused-ring (bicyclic) bond motifs is 3. The van der Waals surface area contributed by atoms with E-state index < -0.39 is 0 Å². The molecule has 0 atom stereocenters. The Hall–Kier alpha value is -7.42. The maximum absolute atomic E-state index is 2.44. The van der Waals surface area contributed by atoms with Crippen molar-refractivity contribution in [3.8, 4) is 50.2 Å². The molecule has 0 bridgehead atoms. The second-order valence-electron chi connectivity index (χ2n) is 14.2. The van der Waals surface area contributed by atoms with Crippen LogP contribution in [0.15, 0.2) is 231 Å². The highest BCUT2D eigenvalue weighted by atomic mass is 15.1. The second kappa shape index (κ2) is 14.4. The number of rotatable bonds is 8. The van der Waals surface area contributed by atoms with Crippen molar-refractivity contribution in [2.75, 3.05) is 4.90 Å². The largest absolute Gasteiger partial charge is 0.310 e. The summed E-state index contributed by atoms with van der Waals surface area (Å²) < 4.78 is 2.44. The molecular weight excluding hydrogens is 677 g/mol. The number of anilines is 3. The molecule has 10 aromatic rings. The molecule has 0 saturated carbocycles. The lowest BCUT2D eigenvalue weighted by molar-refractivity contribution is 1.18. The van der Waals surface area contributed by atoms with Crippen molar-refractivity contribution in [2.45, 2.75) is 0 Å². The third-order valence-corrected chi connectivity index (χ3v) is 10.8. The first kappa shape index (κ1) is 33.2. The fourth-order valence-corrected chi connectivity index (χ4v) is 8.07. The number of nitrogens with zero attached hydrogens (tertiary/aromatic N) is 2. The van der Waals surface area contributed by atoms with Crippen LogP contribution in [0.4, 0.5) is 17.1 Å². The van der Waals surface area contributed by atoms with E-state index in [2.05, 4.69) is 240 Å². The zero-order chi connectivity index (χ0) is 37.3. The Kier molecular flexibility index (Phi) is 8.55. The standard InChI is InChI=1S/C54H38N2/c1-6-16-39(17-7-1)42-26-30-47(31-27-42)55(48-32-28-43(29-33-48)40-18-8-2-9-19-40)49-34-35-53-51(38-49)52-37-45(41-20-10-3-11-21-41)36-50(44-22-12-4-13-23-44)54(52)56(53)46-24-14-5-15-25-46/h1-38H. The molecule has 0 radical (unpaired) electrons.